The first-order valence-electron chi connectivity index (χ1n) is 0. The first-order valence-corrected chi connectivity index (χ1v) is 0. The maximum atomic E-state index is 0. The topological polar surface area (TPSA) is 0 Å². The SMILES string of the molecule is [CaH2].[Nb].[SrH2].[Ta]. The Labute approximate surface area is 124 Å². The molecule has 0 amide bonds. The second-order valence-electron chi connectivity index (χ2n) is 0. The summed E-state index contributed by atoms with van der Waals surface area (Å²) >= 11 is 0. The van der Waals surface area contributed by atoms with Crippen LogP contribution < -0.4 is 0 Å². The van der Waals surface area contributed by atoms with Gasteiger partial charge >= 0.3 is 83.2 Å². The van der Waals surface area contributed by atoms with Crippen LogP contribution in [-0.4, -0.2) is 83.2 Å². The maximum absolute atomic E-state index is 0. The van der Waals surface area contributed by atoms with Gasteiger partial charge in [0.15, 0.2) is 0 Å². The first-order chi connectivity index (χ1) is 0. The van der Waals surface area contributed by atoms with Crippen LogP contribution in [0.4, 0.5) is 0 Å². The van der Waals surface area contributed by atoms with E-state index in [9.17, 15) is 0 Å². The molecule has 0 N–H and O–H groups in total. The van der Waals surface area contributed by atoms with Crippen molar-refractivity contribution in [2.45, 2.75) is 0 Å². The molecule has 0 saturated carbocycles. The summed E-state index contributed by atoms with van der Waals surface area (Å²) in [5.41, 5.74) is 0. The van der Waals surface area contributed by atoms with Crippen LogP contribution in [0.15, 0.2) is 0 Å². The van der Waals surface area contributed by atoms with Gasteiger partial charge in [-0.25, -0.2) is 0 Å². The van der Waals surface area contributed by atoms with E-state index in [0.717, 1.165) is 0 Å². The Morgan fingerprint density at radius 2 is 1.00 bits per heavy atom. The van der Waals surface area contributed by atoms with Crippen molar-refractivity contribution in [1.29, 1.82) is 0 Å². The van der Waals surface area contributed by atoms with Gasteiger partial charge in [0.25, 0.3) is 0 Å². The second kappa shape index (κ2) is 15.7. The van der Waals surface area contributed by atoms with E-state index in [2.05, 4.69) is 0 Å². The summed E-state index contributed by atoms with van der Waals surface area (Å²) in [6.45, 7) is 0. The molecule has 0 aliphatic carbocycles. The Morgan fingerprint density at radius 3 is 1.00 bits per heavy atom. The molecule has 0 aliphatic rings. The van der Waals surface area contributed by atoms with Crippen LogP contribution in [0.1, 0.15) is 0 Å². The van der Waals surface area contributed by atoms with Gasteiger partial charge in [-0.1, -0.05) is 0 Å². The molecule has 0 nitrogen and oxygen atoms in total. The Bertz CT molecular complexity index is 8.00. The Morgan fingerprint density at radius 1 is 1.00 bits per heavy atom. The largest absolute Gasteiger partial charge is 0 e. The van der Waals surface area contributed by atoms with E-state index in [0.29, 0.717) is 0 Å². The predicted molar refractivity (Wildman–Crippen MR) is 17.1 cm³/mol. The Hall–Kier alpha value is 4.22. The van der Waals surface area contributed by atoms with E-state index >= 15 is 0 Å². The number of hydrogen-bond acceptors (Lipinski definition) is 0. The van der Waals surface area contributed by atoms with Gasteiger partial charge in [-0.15, -0.1) is 0 Å². The minimum Gasteiger partial charge on any atom is 0 e. The molecule has 0 aliphatic heterocycles. The van der Waals surface area contributed by atoms with Crippen LogP contribution in [0.25, 0.3) is 0 Å². The van der Waals surface area contributed by atoms with Crippen LogP contribution in [-0.2, 0) is 44.8 Å². The van der Waals surface area contributed by atoms with Gasteiger partial charge in [-0.05, 0) is 0 Å². The van der Waals surface area contributed by atoms with Gasteiger partial charge in [0.1, 0.15) is 0 Å². The number of hydrogen-bond donors (Lipinski definition) is 0. The first kappa shape index (κ1) is 24.1. The summed E-state index contributed by atoms with van der Waals surface area (Å²) < 4.78 is 0. The van der Waals surface area contributed by atoms with Gasteiger partial charge in [-0.3, -0.25) is 0 Å². The molecule has 0 atom stereocenters. The average molecular weight is 406 g/mol. The van der Waals surface area contributed by atoms with Gasteiger partial charge in [-0.2, -0.15) is 0 Å². The van der Waals surface area contributed by atoms with E-state index in [1.165, 1.54) is 0 Å². The van der Waals surface area contributed by atoms with Gasteiger partial charge in [0.2, 0.25) is 0 Å². The molecule has 0 spiro atoms. The second-order valence-corrected chi connectivity index (χ2v) is 0. The molecule has 0 heterocycles. The third-order valence-electron chi connectivity index (χ3n) is 0. The molecule has 4 heteroatoms. The standard InChI is InChI=1S/Ca.Nb.Sr.Ta.4H. The monoisotopic (exact) mass is 406 g/mol. The maximum Gasteiger partial charge on any atom is 0 e. The molecule has 0 unspecified atom stereocenters. The molecule has 4 heavy (non-hydrogen) atoms. The fourth-order valence-corrected chi connectivity index (χ4v) is 0. The fraction of sp³-hybridized carbons (Fsp3) is 0. The van der Waals surface area contributed by atoms with Gasteiger partial charge < -0.3 is 0 Å². The summed E-state index contributed by atoms with van der Waals surface area (Å²) in [5, 5.41) is 0. The zero-order valence-corrected chi connectivity index (χ0v) is 6.31. The van der Waals surface area contributed by atoms with E-state index < -0.39 is 0 Å². The molecule has 0 saturated heterocycles. The summed E-state index contributed by atoms with van der Waals surface area (Å²) in [6, 6.07) is 0. The van der Waals surface area contributed by atoms with E-state index in [1.807, 2.05) is 0 Å². The van der Waals surface area contributed by atoms with Crippen LogP contribution in [0, 0.1) is 0 Å². The van der Waals surface area contributed by atoms with Crippen molar-refractivity contribution in [2.24, 2.45) is 0 Å². The van der Waals surface area contributed by atoms with Crippen LogP contribution >= 0.6 is 0 Å². The third kappa shape index (κ3) is 9.52. The van der Waals surface area contributed by atoms with Gasteiger partial charge in [0.05, 0.1) is 0 Å². The minimum absolute atomic E-state index is 0. The molecular formula is H4CaNbSrTa. The van der Waals surface area contributed by atoms with Crippen LogP contribution in [0.5, 0.6) is 0 Å². The minimum atomic E-state index is 0. The zero-order chi connectivity index (χ0) is 0. The molecule has 0 fully saturated rings. The van der Waals surface area contributed by atoms with Crippen molar-refractivity contribution in [2.75, 3.05) is 0 Å². The summed E-state index contributed by atoms with van der Waals surface area (Å²) in [7, 11) is 0. The van der Waals surface area contributed by atoms with Crippen molar-refractivity contribution < 1.29 is 44.8 Å². The van der Waals surface area contributed by atoms with Crippen LogP contribution in [0.3, 0.4) is 0 Å². The normalized spacial score (nSPS) is 0. The van der Waals surface area contributed by atoms with Crippen molar-refractivity contribution in [3.63, 3.8) is 0 Å². The smallest absolute Gasteiger partial charge is 0 e. The molecule has 0 aromatic carbocycles. The van der Waals surface area contributed by atoms with Crippen LogP contribution in [0.2, 0.25) is 0 Å². The third-order valence-corrected chi connectivity index (χ3v) is 0. The van der Waals surface area contributed by atoms with Crippen molar-refractivity contribution >= 4 is 83.2 Å². The van der Waals surface area contributed by atoms with E-state index in [-0.39, 0.29) is 128 Å². The van der Waals surface area contributed by atoms with E-state index in [4.69, 9.17) is 0 Å². The quantitative estimate of drug-likeness (QED) is 0.416. The molecule has 0 aromatic rings. The zero-order valence-electron chi connectivity index (χ0n) is 0.894. The number of rotatable bonds is 0. The van der Waals surface area contributed by atoms with Crippen molar-refractivity contribution in [3.8, 4) is 0 Å². The molecule has 0 aromatic heterocycles. The fourth-order valence-electron chi connectivity index (χ4n) is 0. The van der Waals surface area contributed by atoms with Crippen molar-refractivity contribution in [1.82, 2.24) is 0 Å². The van der Waals surface area contributed by atoms with Gasteiger partial charge in [0, 0.05) is 44.8 Å². The molecule has 2 radical (unpaired) electrons. The molecular weight excluding hydrogens is 402 g/mol. The molecule has 0 rings (SSSR count). The summed E-state index contributed by atoms with van der Waals surface area (Å²) in [5.74, 6) is 0. The summed E-state index contributed by atoms with van der Waals surface area (Å²) in [4.78, 5) is 0. The molecule has 18 valence electrons. The average Bonchev–Trinajstić information content (AvgIpc) is 0. The summed E-state index contributed by atoms with van der Waals surface area (Å²) in [6.07, 6.45) is 0. The molecule has 0 bridgehead atoms. The van der Waals surface area contributed by atoms with Crippen molar-refractivity contribution in [3.05, 3.63) is 0 Å². The Balaban J connectivity index is 0. The predicted octanol–water partition coefficient (Wildman–Crippen LogP) is -1.84. The Kier molecular flexibility index (Phi) is 94.3. The van der Waals surface area contributed by atoms with E-state index in [1.54, 1.807) is 0 Å².